The molecular weight excluding hydrogens is 382 g/mol. The highest BCUT2D eigenvalue weighted by molar-refractivity contribution is 7.09. The molecule has 1 aromatic heterocycles. The molecule has 0 unspecified atom stereocenters. The monoisotopic (exact) mass is 411 g/mol. The van der Waals surface area contributed by atoms with E-state index in [1.807, 2.05) is 17.6 Å². The van der Waals surface area contributed by atoms with Gasteiger partial charge in [-0.25, -0.2) is 4.98 Å². The number of carbonyl (C=O) groups excluding carboxylic acids is 1. The SMILES string of the molecule is O=C(C1CCCCC1)N1CC2(C1)[C@H](c1ccccc1)[C@H](CO)N2Cc1nccs1. The number of aliphatic hydroxyl groups is 1. The minimum Gasteiger partial charge on any atom is -0.395 e. The molecule has 2 aromatic rings. The van der Waals surface area contributed by atoms with Crippen molar-refractivity contribution in [3.05, 3.63) is 52.5 Å². The summed E-state index contributed by atoms with van der Waals surface area (Å²) in [6.07, 6.45) is 7.58. The number of aromatic nitrogens is 1. The molecule has 6 heteroatoms. The van der Waals surface area contributed by atoms with Gasteiger partial charge in [0.1, 0.15) is 5.01 Å². The molecule has 2 atom stereocenters. The molecule has 3 heterocycles. The van der Waals surface area contributed by atoms with E-state index >= 15 is 0 Å². The number of hydrogen-bond donors (Lipinski definition) is 1. The van der Waals surface area contributed by atoms with Gasteiger partial charge in [-0.2, -0.15) is 0 Å². The fraction of sp³-hybridized carbons (Fsp3) is 0.565. The summed E-state index contributed by atoms with van der Waals surface area (Å²) in [5, 5.41) is 13.3. The predicted molar refractivity (Wildman–Crippen MR) is 114 cm³/mol. The molecule has 1 amide bonds. The van der Waals surface area contributed by atoms with Gasteiger partial charge < -0.3 is 10.0 Å². The van der Waals surface area contributed by atoms with E-state index < -0.39 is 0 Å². The van der Waals surface area contributed by atoms with E-state index in [1.165, 1.54) is 24.8 Å². The van der Waals surface area contributed by atoms with E-state index in [2.05, 4.69) is 39.0 Å². The number of likely N-dealkylation sites (tertiary alicyclic amines) is 2. The van der Waals surface area contributed by atoms with Gasteiger partial charge in [0.15, 0.2) is 0 Å². The highest BCUT2D eigenvalue weighted by Crippen LogP contribution is 2.54. The summed E-state index contributed by atoms with van der Waals surface area (Å²) in [5.74, 6) is 0.824. The minimum atomic E-state index is -0.0786. The lowest BCUT2D eigenvalue weighted by atomic mass is 9.60. The van der Waals surface area contributed by atoms with Crippen LogP contribution in [0.2, 0.25) is 0 Å². The molecular formula is C23H29N3O2S. The average Bonchev–Trinajstić information content (AvgIpc) is 3.24. The van der Waals surface area contributed by atoms with Gasteiger partial charge in [0.05, 0.1) is 18.7 Å². The molecule has 1 N–H and O–H groups in total. The van der Waals surface area contributed by atoms with Gasteiger partial charge in [0.25, 0.3) is 0 Å². The summed E-state index contributed by atoms with van der Waals surface area (Å²) in [4.78, 5) is 22.0. The van der Waals surface area contributed by atoms with Crippen LogP contribution in [0.25, 0.3) is 0 Å². The van der Waals surface area contributed by atoms with Crippen molar-refractivity contribution in [2.24, 2.45) is 5.92 Å². The minimum absolute atomic E-state index is 0.0771. The molecule has 5 rings (SSSR count). The van der Waals surface area contributed by atoms with Crippen molar-refractivity contribution in [3.8, 4) is 0 Å². The number of amides is 1. The van der Waals surface area contributed by atoms with E-state index in [1.54, 1.807) is 11.3 Å². The van der Waals surface area contributed by atoms with Crippen molar-refractivity contribution in [1.29, 1.82) is 0 Å². The fourth-order valence-corrected chi connectivity index (χ4v) is 6.48. The Morgan fingerprint density at radius 1 is 1.17 bits per heavy atom. The van der Waals surface area contributed by atoms with E-state index in [0.717, 1.165) is 37.5 Å². The van der Waals surface area contributed by atoms with E-state index in [0.29, 0.717) is 5.91 Å². The van der Waals surface area contributed by atoms with Crippen LogP contribution in [0.4, 0.5) is 0 Å². The second kappa shape index (κ2) is 7.82. The number of aliphatic hydroxyl groups excluding tert-OH is 1. The van der Waals surface area contributed by atoms with Crippen molar-refractivity contribution >= 4 is 17.2 Å². The predicted octanol–water partition coefficient (Wildman–Crippen LogP) is 3.26. The normalized spacial score (nSPS) is 26.9. The number of thiazole rings is 1. The van der Waals surface area contributed by atoms with Gasteiger partial charge in [0, 0.05) is 42.5 Å². The van der Waals surface area contributed by atoms with Crippen molar-refractivity contribution in [1.82, 2.24) is 14.8 Å². The Morgan fingerprint density at radius 3 is 2.59 bits per heavy atom. The second-order valence-corrected chi connectivity index (χ2v) is 9.80. The van der Waals surface area contributed by atoms with Gasteiger partial charge in [-0.05, 0) is 18.4 Å². The van der Waals surface area contributed by atoms with Crippen LogP contribution in [-0.4, -0.2) is 57.1 Å². The number of nitrogens with zero attached hydrogens (tertiary/aromatic N) is 3. The molecule has 2 aliphatic heterocycles. The highest BCUT2D eigenvalue weighted by Gasteiger charge is 2.66. The number of benzene rings is 1. The maximum absolute atomic E-state index is 13.1. The topological polar surface area (TPSA) is 56.7 Å². The zero-order valence-corrected chi connectivity index (χ0v) is 17.6. The first-order valence-electron chi connectivity index (χ1n) is 10.8. The Bertz CT molecular complexity index is 829. The van der Waals surface area contributed by atoms with Crippen LogP contribution in [0.1, 0.15) is 48.6 Å². The Balaban J connectivity index is 1.38. The maximum atomic E-state index is 13.1. The number of rotatable bonds is 5. The Labute approximate surface area is 176 Å². The molecule has 3 fully saturated rings. The van der Waals surface area contributed by atoms with Gasteiger partial charge in [0.2, 0.25) is 5.91 Å². The Hall–Kier alpha value is -1.76. The van der Waals surface area contributed by atoms with E-state index in [4.69, 9.17) is 0 Å². The molecule has 0 radical (unpaired) electrons. The molecule has 0 bridgehead atoms. The van der Waals surface area contributed by atoms with Gasteiger partial charge in [-0.3, -0.25) is 9.69 Å². The van der Waals surface area contributed by atoms with Crippen molar-refractivity contribution < 1.29 is 9.90 Å². The quantitative estimate of drug-likeness (QED) is 0.821. The van der Waals surface area contributed by atoms with Crippen LogP contribution in [-0.2, 0) is 11.3 Å². The van der Waals surface area contributed by atoms with Gasteiger partial charge in [-0.15, -0.1) is 11.3 Å². The first-order valence-corrected chi connectivity index (χ1v) is 11.7. The third kappa shape index (κ3) is 3.22. The number of hydrogen-bond acceptors (Lipinski definition) is 5. The lowest BCUT2D eigenvalue weighted by Crippen LogP contribution is -2.84. The number of carbonyl (C=O) groups is 1. The molecule has 1 aromatic carbocycles. The van der Waals surface area contributed by atoms with Crippen molar-refractivity contribution in [2.75, 3.05) is 19.7 Å². The summed E-state index contributed by atoms with van der Waals surface area (Å²) in [7, 11) is 0. The largest absolute Gasteiger partial charge is 0.395 e. The van der Waals surface area contributed by atoms with Crippen LogP contribution in [0.5, 0.6) is 0 Å². The first-order chi connectivity index (χ1) is 14.2. The van der Waals surface area contributed by atoms with Crippen LogP contribution in [0, 0.1) is 5.92 Å². The second-order valence-electron chi connectivity index (χ2n) is 8.82. The maximum Gasteiger partial charge on any atom is 0.225 e. The van der Waals surface area contributed by atoms with Gasteiger partial charge in [-0.1, -0.05) is 49.6 Å². The summed E-state index contributed by atoms with van der Waals surface area (Å²) in [6.45, 7) is 2.41. The van der Waals surface area contributed by atoms with Crippen molar-refractivity contribution in [3.63, 3.8) is 0 Å². The third-order valence-corrected chi connectivity index (χ3v) is 8.03. The smallest absolute Gasteiger partial charge is 0.225 e. The summed E-state index contributed by atoms with van der Waals surface area (Å²) in [6, 6.07) is 10.6. The summed E-state index contributed by atoms with van der Waals surface area (Å²) in [5.41, 5.74) is 1.19. The van der Waals surface area contributed by atoms with Crippen molar-refractivity contribution in [2.45, 2.75) is 56.1 Å². The van der Waals surface area contributed by atoms with Crippen LogP contribution in [0.15, 0.2) is 41.9 Å². The summed E-state index contributed by atoms with van der Waals surface area (Å²) >= 11 is 1.66. The van der Waals surface area contributed by atoms with E-state index in [-0.39, 0.29) is 30.0 Å². The zero-order chi connectivity index (χ0) is 19.8. The molecule has 29 heavy (non-hydrogen) atoms. The lowest BCUT2D eigenvalue weighted by Gasteiger charge is -2.71. The average molecular weight is 412 g/mol. The van der Waals surface area contributed by atoms with Crippen LogP contribution < -0.4 is 0 Å². The fourth-order valence-electron chi connectivity index (χ4n) is 5.87. The van der Waals surface area contributed by atoms with Crippen LogP contribution >= 0.6 is 11.3 Å². The molecule has 1 aliphatic carbocycles. The molecule has 1 saturated carbocycles. The highest BCUT2D eigenvalue weighted by atomic mass is 32.1. The summed E-state index contributed by atoms with van der Waals surface area (Å²) < 4.78 is 0. The molecule has 154 valence electrons. The first kappa shape index (κ1) is 19.2. The van der Waals surface area contributed by atoms with Gasteiger partial charge >= 0.3 is 0 Å². The van der Waals surface area contributed by atoms with E-state index in [9.17, 15) is 9.90 Å². The zero-order valence-electron chi connectivity index (χ0n) is 16.7. The molecule has 1 spiro atoms. The standard InChI is InChI=1S/C23H29N3O2S/c27-14-19-21(17-7-3-1-4-8-17)23(26(19)13-20-24-11-12-29-20)15-25(16-23)22(28)18-9-5-2-6-10-18/h1,3-4,7-8,11-12,18-19,21,27H,2,5-6,9-10,13-16H2/t19-,21+/m0/s1. The van der Waals surface area contributed by atoms with Crippen LogP contribution in [0.3, 0.4) is 0 Å². The molecule has 3 aliphatic rings. The third-order valence-electron chi connectivity index (χ3n) is 7.27. The Kier molecular flexibility index (Phi) is 5.18. The lowest BCUT2D eigenvalue weighted by molar-refractivity contribution is -0.202. The molecule has 2 saturated heterocycles. The Morgan fingerprint density at radius 2 is 1.93 bits per heavy atom. The molecule has 5 nitrogen and oxygen atoms in total.